The Morgan fingerprint density at radius 1 is 1.22 bits per heavy atom. The number of esters is 1. The molecule has 1 aliphatic rings. The van der Waals surface area contributed by atoms with E-state index in [0.29, 0.717) is 0 Å². The van der Waals surface area contributed by atoms with Gasteiger partial charge >= 0.3 is 5.97 Å². The van der Waals surface area contributed by atoms with Crippen molar-refractivity contribution in [3.8, 4) is 6.07 Å². The lowest BCUT2D eigenvalue weighted by molar-refractivity contribution is -0.137. The quantitative estimate of drug-likeness (QED) is 0.360. The van der Waals surface area contributed by atoms with Crippen LogP contribution >= 0.6 is 0 Å². The molecule has 1 aromatic carbocycles. The third-order valence-corrected chi connectivity index (χ3v) is 3.85. The first-order valence-electron chi connectivity index (χ1n) is 7.99. The van der Waals surface area contributed by atoms with Gasteiger partial charge in [0.2, 0.25) is 0 Å². The van der Waals surface area contributed by atoms with Gasteiger partial charge in [-0.1, -0.05) is 37.6 Å². The van der Waals surface area contributed by atoms with E-state index in [9.17, 15) is 4.79 Å². The maximum Gasteiger partial charge on any atom is 0.349 e. The Balaban J connectivity index is 2.08. The molecule has 0 bridgehead atoms. The van der Waals surface area contributed by atoms with Crippen LogP contribution in [-0.2, 0) is 9.53 Å². The summed E-state index contributed by atoms with van der Waals surface area (Å²) in [6, 6.07) is 9.83. The standard InChI is InChI=1S/C19H22N2O2/c1-2-13-23-19(22)17(15-20)14-16-7-9-18(10-8-16)21-11-5-3-4-6-12-21/h2,7-10,14H,1,3-6,11-13H2/b17-14+. The Kier molecular flexibility index (Phi) is 6.43. The maximum atomic E-state index is 11.7. The molecule has 0 unspecified atom stereocenters. The molecular weight excluding hydrogens is 288 g/mol. The average Bonchev–Trinajstić information content (AvgIpc) is 2.87. The monoisotopic (exact) mass is 310 g/mol. The molecule has 1 fully saturated rings. The molecule has 4 heteroatoms. The van der Waals surface area contributed by atoms with Gasteiger partial charge in [0.25, 0.3) is 0 Å². The Labute approximate surface area is 137 Å². The van der Waals surface area contributed by atoms with Gasteiger partial charge in [0.05, 0.1) is 0 Å². The van der Waals surface area contributed by atoms with E-state index in [4.69, 9.17) is 10.00 Å². The molecule has 4 nitrogen and oxygen atoms in total. The molecule has 0 atom stereocenters. The fraction of sp³-hybridized carbons (Fsp3) is 0.368. The van der Waals surface area contributed by atoms with Crippen LogP contribution in [0.3, 0.4) is 0 Å². The number of carbonyl (C=O) groups excluding carboxylic acids is 1. The summed E-state index contributed by atoms with van der Waals surface area (Å²) in [6.45, 7) is 5.76. The van der Waals surface area contributed by atoms with Crippen LogP contribution in [0.1, 0.15) is 31.2 Å². The first kappa shape index (κ1) is 16.8. The second kappa shape index (κ2) is 8.79. The number of hydrogen-bond acceptors (Lipinski definition) is 4. The van der Waals surface area contributed by atoms with Gasteiger partial charge in [-0.3, -0.25) is 0 Å². The Morgan fingerprint density at radius 3 is 2.43 bits per heavy atom. The SMILES string of the molecule is C=CCOC(=O)/C(C#N)=C/c1ccc(N2CCCCCC2)cc1. The summed E-state index contributed by atoms with van der Waals surface area (Å²) in [5.74, 6) is -0.621. The van der Waals surface area contributed by atoms with E-state index in [2.05, 4.69) is 11.5 Å². The van der Waals surface area contributed by atoms with Crippen molar-refractivity contribution in [1.29, 1.82) is 5.26 Å². The zero-order valence-corrected chi connectivity index (χ0v) is 13.3. The minimum atomic E-state index is -0.621. The third kappa shape index (κ3) is 5.00. The summed E-state index contributed by atoms with van der Waals surface area (Å²) in [6.07, 6.45) is 8.09. The fourth-order valence-electron chi connectivity index (χ4n) is 2.63. The molecule has 23 heavy (non-hydrogen) atoms. The van der Waals surface area contributed by atoms with Crippen LogP contribution in [0.5, 0.6) is 0 Å². The number of benzene rings is 1. The summed E-state index contributed by atoms with van der Waals surface area (Å²) in [5, 5.41) is 9.09. The van der Waals surface area contributed by atoms with Crippen LogP contribution in [0, 0.1) is 11.3 Å². The number of nitrogens with zero attached hydrogens (tertiary/aromatic N) is 2. The van der Waals surface area contributed by atoms with Gasteiger partial charge in [0, 0.05) is 18.8 Å². The van der Waals surface area contributed by atoms with Gasteiger partial charge in [-0.15, -0.1) is 0 Å². The summed E-state index contributed by atoms with van der Waals surface area (Å²) >= 11 is 0. The third-order valence-electron chi connectivity index (χ3n) is 3.85. The lowest BCUT2D eigenvalue weighted by Crippen LogP contribution is -2.23. The summed E-state index contributed by atoms with van der Waals surface area (Å²) in [7, 11) is 0. The number of carbonyl (C=O) groups is 1. The van der Waals surface area contributed by atoms with E-state index in [1.165, 1.54) is 37.4 Å². The molecule has 0 radical (unpaired) electrons. The highest BCUT2D eigenvalue weighted by molar-refractivity contribution is 5.97. The molecule has 0 N–H and O–H groups in total. The van der Waals surface area contributed by atoms with Crippen molar-refractivity contribution in [3.05, 3.63) is 48.1 Å². The highest BCUT2D eigenvalue weighted by Crippen LogP contribution is 2.21. The molecule has 120 valence electrons. The van der Waals surface area contributed by atoms with Gasteiger partial charge in [-0.2, -0.15) is 5.26 Å². The molecule has 0 saturated carbocycles. The molecule has 0 amide bonds. The molecule has 1 aliphatic heterocycles. The lowest BCUT2D eigenvalue weighted by atomic mass is 10.1. The molecule has 0 aliphatic carbocycles. The number of ether oxygens (including phenoxy) is 1. The van der Waals surface area contributed by atoms with Crippen molar-refractivity contribution in [2.24, 2.45) is 0 Å². The van der Waals surface area contributed by atoms with E-state index in [1.54, 1.807) is 6.08 Å². The molecule has 0 spiro atoms. The van der Waals surface area contributed by atoms with Crippen LogP contribution < -0.4 is 4.90 Å². The average molecular weight is 310 g/mol. The van der Waals surface area contributed by atoms with Crippen molar-refractivity contribution in [2.45, 2.75) is 25.7 Å². The topological polar surface area (TPSA) is 53.3 Å². The van der Waals surface area contributed by atoms with Gasteiger partial charge in [0.15, 0.2) is 0 Å². The van der Waals surface area contributed by atoms with E-state index >= 15 is 0 Å². The summed E-state index contributed by atoms with van der Waals surface area (Å²) in [4.78, 5) is 14.1. The van der Waals surface area contributed by atoms with Gasteiger partial charge < -0.3 is 9.64 Å². The molecule has 2 rings (SSSR count). The van der Waals surface area contributed by atoms with Crippen molar-refractivity contribution in [2.75, 3.05) is 24.6 Å². The van der Waals surface area contributed by atoms with E-state index in [-0.39, 0.29) is 12.2 Å². The molecule has 1 heterocycles. The van der Waals surface area contributed by atoms with Gasteiger partial charge in [0.1, 0.15) is 18.2 Å². The number of nitriles is 1. The summed E-state index contributed by atoms with van der Waals surface area (Å²) in [5.41, 5.74) is 2.00. The predicted molar refractivity (Wildman–Crippen MR) is 91.9 cm³/mol. The lowest BCUT2D eigenvalue weighted by Gasteiger charge is -2.22. The Hall–Kier alpha value is -2.54. The zero-order valence-electron chi connectivity index (χ0n) is 13.3. The minimum Gasteiger partial charge on any atom is -0.457 e. The van der Waals surface area contributed by atoms with Crippen LogP contribution in [0.2, 0.25) is 0 Å². The second-order valence-corrected chi connectivity index (χ2v) is 5.55. The van der Waals surface area contributed by atoms with Crippen molar-refractivity contribution >= 4 is 17.7 Å². The minimum absolute atomic E-state index is 0.00521. The van der Waals surface area contributed by atoms with Crippen LogP contribution in [0.4, 0.5) is 5.69 Å². The fourth-order valence-corrected chi connectivity index (χ4v) is 2.63. The second-order valence-electron chi connectivity index (χ2n) is 5.55. The van der Waals surface area contributed by atoms with Gasteiger partial charge in [-0.25, -0.2) is 4.79 Å². The number of anilines is 1. The maximum absolute atomic E-state index is 11.7. The Morgan fingerprint density at radius 2 is 1.87 bits per heavy atom. The first-order valence-corrected chi connectivity index (χ1v) is 7.99. The smallest absolute Gasteiger partial charge is 0.349 e. The van der Waals surface area contributed by atoms with Crippen LogP contribution in [0.25, 0.3) is 6.08 Å². The molecule has 0 aromatic heterocycles. The summed E-state index contributed by atoms with van der Waals surface area (Å²) < 4.78 is 4.89. The first-order chi connectivity index (χ1) is 11.2. The largest absolute Gasteiger partial charge is 0.457 e. The van der Waals surface area contributed by atoms with Crippen molar-refractivity contribution in [3.63, 3.8) is 0 Å². The molecule has 1 saturated heterocycles. The highest BCUT2D eigenvalue weighted by atomic mass is 16.5. The van der Waals surface area contributed by atoms with Crippen LogP contribution in [0.15, 0.2) is 42.5 Å². The number of hydrogen-bond donors (Lipinski definition) is 0. The predicted octanol–water partition coefficient (Wildman–Crippen LogP) is 3.70. The normalized spacial score (nSPS) is 15.4. The van der Waals surface area contributed by atoms with Crippen LogP contribution in [-0.4, -0.2) is 25.7 Å². The Bertz CT molecular complexity index is 603. The zero-order chi connectivity index (χ0) is 16.5. The highest BCUT2D eigenvalue weighted by Gasteiger charge is 2.11. The van der Waals surface area contributed by atoms with Gasteiger partial charge in [-0.05, 0) is 36.6 Å². The molecular formula is C19H22N2O2. The van der Waals surface area contributed by atoms with Crippen molar-refractivity contribution < 1.29 is 9.53 Å². The molecule has 1 aromatic rings. The van der Waals surface area contributed by atoms with Crippen molar-refractivity contribution in [1.82, 2.24) is 0 Å². The van der Waals surface area contributed by atoms with E-state index in [1.807, 2.05) is 30.3 Å². The van der Waals surface area contributed by atoms with E-state index < -0.39 is 5.97 Å². The van der Waals surface area contributed by atoms with E-state index in [0.717, 1.165) is 18.7 Å². The number of rotatable bonds is 5.